The van der Waals surface area contributed by atoms with E-state index in [1.54, 1.807) is 0 Å². The van der Waals surface area contributed by atoms with Gasteiger partial charge >= 0.3 is 0 Å². The van der Waals surface area contributed by atoms with Crippen LogP contribution in [-0.4, -0.2) is 54.6 Å². The molecule has 0 spiro atoms. The molecule has 0 saturated carbocycles. The molecule has 3 rings (SSSR count). The number of hydrogen-bond acceptors (Lipinski definition) is 3. The fourth-order valence-electron chi connectivity index (χ4n) is 3.57. The average Bonchev–Trinajstić information content (AvgIpc) is 3.04. The van der Waals surface area contributed by atoms with E-state index in [1.165, 1.54) is 17.4 Å². The number of aromatic nitrogens is 1. The molecule has 0 radical (unpaired) electrons. The normalized spacial score (nSPS) is 20.2. The van der Waals surface area contributed by atoms with E-state index >= 15 is 0 Å². The molecule has 3 N–H and O–H groups in total. The van der Waals surface area contributed by atoms with Crippen molar-refractivity contribution in [2.45, 2.75) is 38.3 Å². The van der Waals surface area contributed by atoms with Gasteiger partial charge in [0.25, 0.3) is 0 Å². The van der Waals surface area contributed by atoms with Crippen LogP contribution in [0.2, 0.25) is 0 Å². The number of piperidine rings is 1. The Morgan fingerprint density at radius 1 is 1.42 bits per heavy atom. The maximum Gasteiger partial charge on any atom is 0.237 e. The van der Waals surface area contributed by atoms with Crippen LogP contribution in [0.4, 0.5) is 0 Å². The minimum Gasteiger partial charge on any atom is -0.361 e. The number of rotatable bonds is 6. The van der Waals surface area contributed by atoms with E-state index in [2.05, 4.69) is 38.7 Å². The number of hydrogen-bond donors (Lipinski definition) is 3. The molecule has 130 valence electrons. The van der Waals surface area contributed by atoms with Crippen LogP contribution in [0.15, 0.2) is 30.5 Å². The molecule has 1 aromatic carbocycles. The van der Waals surface area contributed by atoms with Gasteiger partial charge in [-0.15, -0.1) is 0 Å². The van der Waals surface area contributed by atoms with Gasteiger partial charge in [0.15, 0.2) is 0 Å². The maximum absolute atomic E-state index is 12.4. The number of benzene rings is 1. The van der Waals surface area contributed by atoms with E-state index < -0.39 is 0 Å². The van der Waals surface area contributed by atoms with Crippen molar-refractivity contribution in [1.29, 1.82) is 0 Å². The Morgan fingerprint density at radius 2 is 2.25 bits per heavy atom. The number of carbonyl (C=O) groups excluding carboxylic acids is 1. The van der Waals surface area contributed by atoms with E-state index in [4.69, 9.17) is 0 Å². The zero-order valence-corrected chi connectivity index (χ0v) is 14.6. The molecule has 2 heterocycles. The quantitative estimate of drug-likeness (QED) is 0.759. The standard InChI is InChI=1S/C19H28N4O/c1-14(23-11-5-6-16(13-23)20-2)19(24)21-10-9-15-12-22-18-8-4-3-7-17(15)18/h3-4,7-8,12,14,16,20,22H,5-6,9-11,13H2,1-2H3,(H,21,24). The number of H-pyrrole nitrogens is 1. The number of nitrogens with one attached hydrogen (secondary N) is 3. The van der Waals surface area contributed by atoms with Crippen molar-refractivity contribution in [3.63, 3.8) is 0 Å². The van der Waals surface area contributed by atoms with Crippen molar-refractivity contribution in [1.82, 2.24) is 20.5 Å². The van der Waals surface area contributed by atoms with E-state index in [9.17, 15) is 4.79 Å². The Morgan fingerprint density at radius 3 is 3.08 bits per heavy atom. The summed E-state index contributed by atoms with van der Waals surface area (Å²) < 4.78 is 0. The fraction of sp³-hybridized carbons (Fsp3) is 0.526. The largest absolute Gasteiger partial charge is 0.361 e. The molecule has 1 fully saturated rings. The average molecular weight is 328 g/mol. The zero-order valence-electron chi connectivity index (χ0n) is 14.6. The molecule has 24 heavy (non-hydrogen) atoms. The summed E-state index contributed by atoms with van der Waals surface area (Å²) in [5.41, 5.74) is 2.41. The molecule has 1 aliphatic rings. The second kappa shape index (κ2) is 7.81. The highest BCUT2D eigenvalue weighted by atomic mass is 16.2. The summed E-state index contributed by atoms with van der Waals surface area (Å²) in [6, 6.07) is 8.72. The molecule has 1 amide bonds. The number of para-hydroxylation sites is 1. The van der Waals surface area contributed by atoms with E-state index in [1.807, 2.05) is 26.2 Å². The number of fused-ring (bicyclic) bond motifs is 1. The SMILES string of the molecule is CNC1CCCN(C(C)C(=O)NCCc2c[nH]c3ccccc23)C1. The highest BCUT2D eigenvalue weighted by Gasteiger charge is 2.26. The van der Waals surface area contributed by atoms with Crippen molar-refractivity contribution < 1.29 is 4.79 Å². The highest BCUT2D eigenvalue weighted by Crippen LogP contribution is 2.18. The van der Waals surface area contributed by atoms with Crippen LogP contribution >= 0.6 is 0 Å². The number of carbonyl (C=O) groups is 1. The summed E-state index contributed by atoms with van der Waals surface area (Å²) in [4.78, 5) is 18.0. The first-order chi connectivity index (χ1) is 11.7. The molecule has 0 bridgehead atoms. The lowest BCUT2D eigenvalue weighted by atomic mass is 10.0. The molecule has 1 saturated heterocycles. The summed E-state index contributed by atoms with van der Waals surface area (Å²) in [5, 5.41) is 7.67. The van der Waals surface area contributed by atoms with Crippen molar-refractivity contribution in [3.8, 4) is 0 Å². The molecule has 0 aliphatic carbocycles. The van der Waals surface area contributed by atoms with Crippen LogP contribution < -0.4 is 10.6 Å². The minimum absolute atomic E-state index is 0.0656. The number of amides is 1. The van der Waals surface area contributed by atoms with E-state index in [0.29, 0.717) is 12.6 Å². The summed E-state index contributed by atoms with van der Waals surface area (Å²) in [5.74, 6) is 0.131. The van der Waals surface area contributed by atoms with Gasteiger partial charge in [0.05, 0.1) is 6.04 Å². The third kappa shape index (κ3) is 3.79. The molecular weight excluding hydrogens is 300 g/mol. The highest BCUT2D eigenvalue weighted by molar-refractivity contribution is 5.83. The molecule has 2 unspecified atom stereocenters. The second-order valence-electron chi connectivity index (χ2n) is 6.70. The van der Waals surface area contributed by atoms with Crippen molar-refractivity contribution in [3.05, 3.63) is 36.0 Å². The number of nitrogens with zero attached hydrogens (tertiary/aromatic N) is 1. The van der Waals surface area contributed by atoms with Crippen molar-refractivity contribution in [2.24, 2.45) is 0 Å². The lowest BCUT2D eigenvalue weighted by Crippen LogP contribution is -2.52. The fourth-order valence-corrected chi connectivity index (χ4v) is 3.57. The van der Waals surface area contributed by atoms with Gasteiger partial charge in [0, 0.05) is 36.2 Å². The summed E-state index contributed by atoms with van der Waals surface area (Å²) in [7, 11) is 2.00. The predicted octanol–water partition coefficient (Wildman–Crippen LogP) is 1.90. The van der Waals surface area contributed by atoms with Crippen molar-refractivity contribution in [2.75, 3.05) is 26.7 Å². The van der Waals surface area contributed by atoms with Gasteiger partial charge in [-0.25, -0.2) is 0 Å². The van der Waals surface area contributed by atoms with Crippen LogP contribution in [0.3, 0.4) is 0 Å². The number of likely N-dealkylation sites (tertiary alicyclic amines) is 1. The van der Waals surface area contributed by atoms with Crippen LogP contribution in [0, 0.1) is 0 Å². The topological polar surface area (TPSA) is 60.2 Å². The van der Waals surface area contributed by atoms with Gasteiger partial charge in [-0.05, 0) is 51.4 Å². The second-order valence-corrected chi connectivity index (χ2v) is 6.70. The molecule has 2 aromatic rings. The summed E-state index contributed by atoms with van der Waals surface area (Å²) in [6.45, 7) is 4.65. The van der Waals surface area contributed by atoms with Crippen LogP contribution in [-0.2, 0) is 11.2 Å². The van der Waals surface area contributed by atoms with Gasteiger partial charge in [0.1, 0.15) is 0 Å². The van der Waals surface area contributed by atoms with E-state index in [-0.39, 0.29) is 11.9 Å². The Kier molecular flexibility index (Phi) is 5.53. The smallest absolute Gasteiger partial charge is 0.237 e. The molecule has 5 nitrogen and oxygen atoms in total. The van der Waals surface area contributed by atoms with Gasteiger partial charge in [-0.1, -0.05) is 18.2 Å². The minimum atomic E-state index is -0.0656. The zero-order chi connectivity index (χ0) is 16.9. The van der Waals surface area contributed by atoms with Gasteiger partial charge in [-0.3, -0.25) is 9.69 Å². The van der Waals surface area contributed by atoms with Crippen LogP contribution in [0.25, 0.3) is 10.9 Å². The van der Waals surface area contributed by atoms with Gasteiger partial charge in [0.2, 0.25) is 5.91 Å². The number of aromatic amines is 1. The maximum atomic E-state index is 12.4. The van der Waals surface area contributed by atoms with Crippen LogP contribution in [0.1, 0.15) is 25.3 Å². The van der Waals surface area contributed by atoms with Crippen LogP contribution in [0.5, 0.6) is 0 Å². The Bertz CT molecular complexity index is 681. The van der Waals surface area contributed by atoms with Gasteiger partial charge in [-0.2, -0.15) is 0 Å². The molecule has 5 heteroatoms. The monoisotopic (exact) mass is 328 g/mol. The summed E-state index contributed by atoms with van der Waals surface area (Å²) >= 11 is 0. The number of likely N-dealkylation sites (N-methyl/N-ethyl adjacent to an activating group) is 1. The van der Waals surface area contributed by atoms with E-state index in [0.717, 1.165) is 31.4 Å². The Hall–Kier alpha value is -1.85. The van der Waals surface area contributed by atoms with Crippen molar-refractivity contribution >= 4 is 16.8 Å². The molecular formula is C19H28N4O. The molecule has 2 atom stereocenters. The lowest BCUT2D eigenvalue weighted by molar-refractivity contribution is -0.126. The third-order valence-electron chi connectivity index (χ3n) is 5.16. The third-order valence-corrected chi connectivity index (χ3v) is 5.16. The predicted molar refractivity (Wildman–Crippen MR) is 98.1 cm³/mol. The summed E-state index contributed by atoms with van der Waals surface area (Å²) in [6.07, 6.45) is 5.24. The first-order valence-electron chi connectivity index (χ1n) is 8.93. The first-order valence-corrected chi connectivity index (χ1v) is 8.93. The molecule has 1 aromatic heterocycles. The lowest BCUT2D eigenvalue weighted by Gasteiger charge is -2.35. The molecule has 1 aliphatic heterocycles. The Balaban J connectivity index is 1.50. The first kappa shape index (κ1) is 17.0. The Labute approximate surface area is 143 Å². The van der Waals surface area contributed by atoms with Gasteiger partial charge < -0.3 is 15.6 Å².